The van der Waals surface area contributed by atoms with E-state index in [4.69, 9.17) is 15.6 Å². The van der Waals surface area contributed by atoms with Gasteiger partial charge in [-0.3, -0.25) is 4.79 Å². The van der Waals surface area contributed by atoms with Crippen LogP contribution in [-0.4, -0.2) is 58.3 Å². The number of carboxylic acid groups (broad SMARTS) is 1. The molecule has 0 spiro atoms. The van der Waals surface area contributed by atoms with Crippen LogP contribution in [0.3, 0.4) is 0 Å². The van der Waals surface area contributed by atoms with E-state index in [0.717, 1.165) is 29.3 Å². The van der Waals surface area contributed by atoms with E-state index in [1.165, 1.54) is 12.1 Å². The van der Waals surface area contributed by atoms with Crippen molar-refractivity contribution in [2.45, 2.75) is 24.8 Å². The Balaban J connectivity index is 1.66. The van der Waals surface area contributed by atoms with Crippen molar-refractivity contribution in [1.29, 1.82) is 0 Å². The molecule has 2 aromatic rings. The van der Waals surface area contributed by atoms with Crippen LogP contribution in [0.5, 0.6) is 11.5 Å². The Kier molecular flexibility index (Phi) is 6.10. The number of halogens is 5. The summed E-state index contributed by atoms with van der Waals surface area (Å²) in [5, 5.41) is 8.99. The summed E-state index contributed by atoms with van der Waals surface area (Å²) >= 11 is 0. The average molecular weight is 461 g/mol. The summed E-state index contributed by atoms with van der Waals surface area (Å²) in [6.45, 7) is -1.48. The predicted octanol–water partition coefficient (Wildman–Crippen LogP) is 2.73. The van der Waals surface area contributed by atoms with E-state index in [2.05, 4.69) is 9.72 Å². The second-order valence-corrected chi connectivity index (χ2v) is 6.92. The first-order valence-electron chi connectivity index (χ1n) is 9.00. The van der Waals surface area contributed by atoms with Crippen molar-refractivity contribution in [2.75, 3.05) is 18.8 Å². The third-order valence-electron chi connectivity index (χ3n) is 4.52. The third-order valence-corrected chi connectivity index (χ3v) is 4.52. The molecule has 13 heteroatoms. The highest BCUT2D eigenvalue weighted by Gasteiger charge is 2.51. The van der Waals surface area contributed by atoms with Crippen molar-refractivity contribution < 1.29 is 46.1 Å². The molecular weight excluding hydrogens is 445 g/mol. The molecule has 1 aliphatic rings. The van der Waals surface area contributed by atoms with Gasteiger partial charge in [-0.2, -0.15) is 0 Å². The summed E-state index contributed by atoms with van der Waals surface area (Å²) in [4.78, 5) is 27.9. The standard InChI is InChI=1S/C19H16F5N3O5/c20-18(21)9-27(8-14(18)31-13-6-11(17(29)30)7-26-16(13)25)15(28)5-10-1-3-12(4-2-10)32-19(22,23)24/h1-4,6-7,14H,5,8-9H2,(H2,25,26)(H,29,30)/t14-/m0/s1. The van der Waals surface area contributed by atoms with Gasteiger partial charge in [0.2, 0.25) is 5.91 Å². The number of rotatable bonds is 6. The number of carboxylic acids is 1. The molecule has 0 unspecified atom stereocenters. The molecule has 3 N–H and O–H groups in total. The number of hydrogen-bond donors (Lipinski definition) is 2. The summed E-state index contributed by atoms with van der Waals surface area (Å²) in [6, 6.07) is 5.39. The summed E-state index contributed by atoms with van der Waals surface area (Å²) in [6.07, 6.45) is -6.07. The van der Waals surface area contributed by atoms with Gasteiger partial charge in [0.1, 0.15) is 5.75 Å². The van der Waals surface area contributed by atoms with Crippen LogP contribution in [0.2, 0.25) is 0 Å². The fraction of sp³-hybridized carbons (Fsp3) is 0.316. The van der Waals surface area contributed by atoms with Crippen LogP contribution in [-0.2, 0) is 11.2 Å². The van der Waals surface area contributed by atoms with E-state index in [9.17, 15) is 31.5 Å². The Bertz CT molecular complexity index is 1010. The number of amides is 1. The lowest BCUT2D eigenvalue weighted by atomic mass is 10.1. The molecule has 1 aliphatic heterocycles. The minimum Gasteiger partial charge on any atom is -0.478 e. The number of carbonyl (C=O) groups is 2. The molecular formula is C19H16F5N3O5. The number of benzene rings is 1. The smallest absolute Gasteiger partial charge is 0.478 e. The molecule has 1 aromatic heterocycles. The van der Waals surface area contributed by atoms with Gasteiger partial charge in [0.05, 0.1) is 25.1 Å². The lowest BCUT2D eigenvalue weighted by molar-refractivity contribution is -0.274. The maximum absolute atomic E-state index is 14.4. The molecule has 0 radical (unpaired) electrons. The summed E-state index contributed by atoms with van der Waals surface area (Å²) in [7, 11) is 0. The fourth-order valence-electron chi connectivity index (χ4n) is 2.98. The highest BCUT2D eigenvalue weighted by atomic mass is 19.4. The Hall–Kier alpha value is -3.64. The molecule has 1 amide bonds. The lowest BCUT2D eigenvalue weighted by Crippen LogP contribution is -2.36. The van der Waals surface area contributed by atoms with Crippen molar-refractivity contribution in [2.24, 2.45) is 0 Å². The molecule has 1 aromatic carbocycles. The molecule has 3 rings (SSSR count). The molecule has 32 heavy (non-hydrogen) atoms. The zero-order valence-corrected chi connectivity index (χ0v) is 16.1. The first kappa shape index (κ1) is 23.0. The highest BCUT2D eigenvalue weighted by molar-refractivity contribution is 5.88. The Labute approximate surface area is 177 Å². The molecule has 1 saturated heterocycles. The number of pyridine rings is 1. The summed E-state index contributed by atoms with van der Waals surface area (Å²) in [5.74, 6) is -6.66. The quantitative estimate of drug-likeness (QED) is 0.636. The number of hydrogen-bond acceptors (Lipinski definition) is 6. The van der Waals surface area contributed by atoms with Crippen LogP contribution in [0.1, 0.15) is 15.9 Å². The van der Waals surface area contributed by atoms with Crippen LogP contribution >= 0.6 is 0 Å². The van der Waals surface area contributed by atoms with Crippen molar-refractivity contribution >= 4 is 17.7 Å². The van der Waals surface area contributed by atoms with E-state index >= 15 is 0 Å². The maximum atomic E-state index is 14.4. The Morgan fingerprint density at radius 1 is 1.25 bits per heavy atom. The molecule has 8 nitrogen and oxygen atoms in total. The third kappa shape index (κ3) is 5.53. The van der Waals surface area contributed by atoms with Gasteiger partial charge in [-0.15, -0.1) is 13.2 Å². The number of ether oxygens (including phenoxy) is 2. The zero-order chi connectivity index (χ0) is 23.7. The van der Waals surface area contributed by atoms with Gasteiger partial charge >= 0.3 is 18.3 Å². The van der Waals surface area contributed by atoms with E-state index < -0.39 is 49.1 Å². The van der Waals surface area contributed by atoms with Crippen molar-refractivity contribution in [1.82, 2.24) is 9.88 Å². The number of nitrogen functional groups attached to an aromatic ring is 1. The van der Waals surface area contributed by atoms with Crippen LogP contribution < -0.4 is 15.2 Å². The number of nitrogens with zero attached hydrogens (tertiary/aromatic N) is 2. The van der Waals surface area contributed by atoms with Crippen LogP contribution in [0.15, 0.2) is 36.5 Å². The average Bonchev–Trinajstić information content (AvgIpc) is 2.98. The zero-order valence-electron chi connectivity index (χ0n) is 16.1. The van der Waals surface area contributed by atoms with Gasteiger partial charge in [-0.1, -0.05) is 12.1 Å². The molecule has 1 fully saturated rings. The number of alkyl halides is 5. The highest BCUT2D eigenvalue weighted by Crippen LogP contribution is 2.33. The number of anilines is 1. The Morgan fingerprint density at radius 3 is 2.50 bits per heavy atom. The maximum Gasteiger partial charge on any atom is 0.573 e. The number of likely N-dealkylation sites (tertiary alicyclic amines) is 1. The molecule has 0 bridgehead atoms. The number of carbonyl (C=O) groups excluding carboxylic acids is 1. The van der Waals surface area contributed by atoms with Crippen molar-refractivity contribution in [3.8, 4) is 11.5 Å². The normalized spacial score (nSPS) is 17.8. The van der Waals surface area contributed by atoms with Crippen LogP contribution in [0.25, 0.3) is 0 Å². The topological polar surface area (TPSA) is 115 Å². The monoisotopic (exact) mass is 461 g/mol. The second kappa shape index (κ2) is 8.48. The van der Waals surface area contributed by atoms with Gasteiger partial charge in [-0.05, 0) is 17.7 Å². The predicted molar refractivity (Wildman–Crippen MR) is 98.4 cm³/mol. The van der Waals surface area contributed by atoms with Gasteiger partial charge in [0.15, 0.2) is 17.7 Å². The Morgan fingerprint density at radius 2 is 1.91 bits per heavy atom. The summed E-state index contributed by atoms with van der Waals surface area (Å²) in [5.41, 5.74) is 5.54. The second-order valence-electron chi connectivity index (χ2n) is 6.92. The molecule has 0 aliphatic carbocycles. The van der Waals surface area contributed by atoms with Gasteiger partial charge in [0, 0.05) is 12.3 Å². The SMILES string of the molecule is Nc1ncc(C(=O)O)cc1O[C@H]1CN(C(=O)Cc2ccc(OC(F)(F)F)cc2)CC1(F)F. The number of aromatic carboxylic acids is 1. The van der Waals surface area contributed by atoms with Gasteiger partial charge in [0.25, 0.3) is 0 Å². The van der Waals surface area contributed by atoms with Gasteiger partial charge in [-0.25, -0.2) is 18.6 Å². The van der Waals surface area contributed by atoms with Crippen LogP contribution in [0, 0.1) is 0 Å². The lowest BCUT2D eigenvalue weighted by Gasteiger charge is -2.19. The summed E-state index contributed by atoms with van der Waals surface area (Å²) < 4.78 is 74.4. The minimum absolute atomic E-state index is 0.291. The van der Waals surface area contributed by atoms with E-state index in [1.54, 1.807) is 0 Å². The first-order chi connectivity index (χ1) is 14.8. The van der Waals surface area contributed by atoms with Crippen molar-refractivity contribution in [3.63, 3.8) is 0 Å². The molecule has 1 atom stereocenters. The number of aromatic nitrogens is 1. The molecule has 0 saturated carbocycles. The van der Waals surface area contributed by atoms with E-state index in [-0.39, 0.29) is 23.6 Å². The van der Waals surface area contributed by atoms with Crippen molar-refractivity contribution in [3.05, 3.63) is 47.7 Å². The molecule has 2 heterocycles. The van der Waals surface area contributed by atoms with Crippen LogP contribution in [0.4, 0.5) is 27.8 Å². The van der Waals surface area contributed by atoms with E-state index in [0.29, 0.717) is 5.56 Å². The number of nitrogens with two attached hydrogens (primary N) is 1. The van der Waals surface area contributed by atoms with Gasteiger partial charge < -0.3 is 25.2 Å². The fourth-order valence-corrected chi connectivity index (χ4v) is 2.98. The largest absolute Gasteiger partial charge is 0.573 e. The molecule has 172 valence electrons. The minimum atomic E-state index is -4.86. The van der Waals surface area contributed by atoms with E-state index in [1.807, 2.05) is 0 Å². The first-order valence-corrected chi connectivity index (χ1v) is 9.00.